The van der Waals surface area contributed by atoms with Crippen molar-refractivity contribution in [3.63, 3.8) is 0 Å². The topological polar surface area (TPSA) is 75.0 Å². The molecule has 0 spiro atoms. The Morgan fingerprint density at radius 2 is 2.07 bits per heavy atom. The van der Waals surface area contributed by atoms with Crippen LogP contribution in [0.5, 0.6) is 5.75 Å². The van der Waals surface area contributed by atoms with Crippen LogP contribution in [-0.4, -0.2) is 67.4 Å². The molecule has 0 saturated carbocycles. The lowest BCUT2D eigenvalue weighted by molar-refractivity contribution is -0.0906. The molecule has 3 rings (SSSR count). The molecular weight excluding hydrogens is 346 g/mol. The van der Waals surface area contributed by atoms with Crippen LogP contribution in [0.3, 0.4) is 0 Å². The highest BCUT2D eigenvalue weighted by atomic mass is 16.6. The van der Waals surface area contributed by atoms with E-state index >= 15 is 0 Å². The number of hydrogen-bond donors (Lipinski definition) is 0. The van der Waals surface area contributed by atoms with Crippen molar-refractivity contribution < 1.29 is 19.0 Å². The van der Waals surface area contributed by atoms with Gasteiger partial charge in [-0.3, -0.25) is 4.90 Å². The van der Waals surface area contributed by atoms with Gasteiger partial charge in [-0.15, -0.1) is 0 Å². The van der Waals surface area contributed by atoms with Crippen LogP contribution in [0.25, 0.3) is 0 Å². The van der Waals surface area contributed by atoms with E-state index in [1.165, 1.54) is 0 Å². The predicted octanol–water partition coefficient (Wildman–Crippen LogP) is 2.56. The van der Waals surface area contributed by atoms with Crippen molar-refractivity contribution in [2.75, 3.05) is 39.9 Å². The normalized spacial score (nSPS) is 23.3. The van der Waals surface area contributed by atoms with Crippen molar-refractivity contribution in [2.45, 2.75) is 38.5 Å². The Hall–Kier alpha value is -2.30. The van der Waals surface area contributed by atoms with Gasteiger partial charge in [-0.2, -0.15) is 5.26 Å². The third-order valence-corrected chi connectivity index (χ3v) is 4.86. The largest absolute Gasteiger partial charge is 0.495 e. The third kappa shape index (κ3) is 4.52. The minimum Gasteiger partial charge on any atom is -0.495 e. The molecule has 7 heteroatoms. The van der Waals surface area contributed by atoms with Crippen LogP contribution >= 0.6 is 0 Å². The highest BCUT2D eigenvalue weighted by molar-refractivity contribution is 5.68. The van der Waals surface area contributed by atoms with Gasteiger partial charge < -0.3 is 19.1 Å². The minimum absolute atomic E-state index is 0.0732. The van der Waals surface area contributed by atoms with Gasteiger partial charge in [0.15, 0.2) is 0 Å². The van der Waals surface area contributed by atoms with Crippen LogP contribution in [0.2, 0.25) is 0 Å². The third-order valence-electron chi connectivity index (χ3n) is 4.86. The van der Waals surface area contributed by atoms with Crippen molar-refractivity contribution >= 4 is 6.09 Å². The first-order chi connectivity index (χ1) is 12.8. The van der Waals surface area contributed by atoms with Gasteiger partial charge in [0.05, 0.1) is 31.4 Å². The Bertz CT molecular complexity index is 738. The summed E-state index contributed by atoms with van der Waals surface area (Å²) in [6.45, 7) is 8.97. The number of nitrogens with zero attached hydrogens (tertiary/aromatic N) is 3. The smallest absolute Gasteiger partial charge is 0.410 e. The molecule has 2 aliphatic rings. The average Bonchev–Trinajstić information content (AvgIpc) is 2.65. The Balaban J connectivity index is 1.63. The molecule has 0 unspecified atom stereocenters. The molecule has 146 valence electrons. The molecule has 0 N–H and O–H groups in total. The fourth-order valence-electron chi connectivity index (χ4n) is 3.48. The molecule has 2 atom stereocenters. The number of carbonyl (C=O) groups is 1. The maximum atomic E-state index is 12.3. The summed E-state index contributed by atoms with van der Waals surface area (Å²) in [5.41, 5.74) is 1.02. The van der Waals surface area contributed by atoms with E-state index < -0.39 is 5.60 Å². The Kier molecular flexibility index (Phi) is 5.59. The van der Waals surface area contributed by atoms with Crippen molar-refractivity contribution in [3.05, 3.63) is 29.3 Å². The summed E-state index contributed by atoms with van der Waals surface area (Å²) in [5, 5.41) is 9.13. The first-order valence-electron chi connectivity index (χ1n) is 9.22. The van der Waals surface area contributed by atoms with Crippen LogP contribution in [0, 0.1) is 11.3 Å². The maximum Gasteiger partial charge on any atom is 0.410 e. The summed E-state index contributed by atoms with van der Waals surface area (Å²) in [6, 6.07) is 7.86. The van der Waals surface area contributed by atoms with E-state index in [1.54, 1.807) is 18.1 Å². The standard InChI is InChI=1S/C20H27N3O4/c1-20(2,3)27-19(24)23-8-7-22-12-18(26-13-16(22)11-23)14-5-6-15(10-21)17(9-14)25-4/h5-6,9,16,18H,7-8,11-13H2,1-4H3/t16-,18+/m0/s1. The van der Waals surface area contributed by atoms with Gasteiger partial charge in [-0.05, 0) is 38.5 Å². The quantitative estimate of drug-likeness (QED) is 0.793. The molecule has 1 aromatic carbocycles. The van der Waals surface area contributed by atoms with Crippen LogP contribution in [0.1, 0.15) is 38.0 Å². The number of nitriles is 1. The monoisotopic (exact) mass is 373 g/mol. The van der Waals surface area contributed by atoms with Gasteiger partial charge in [0.1, 0.15) is 17.4 Å². The Morgan fingerprint density at radius 1 is 1.30 bits per heavy atom. The lowest BCUT2D eigenvalue weighted by atomic mass is 10.0. The minimum atomic E-state index is -0.489. The van der Waals surface area contributed by atoms with E-state index in [9.17, 15) is 4.79 Å². The lowest BCUT2D eigenvalue weighted by Gasteiger charge is -2.46. The molecular formula is C20H27N3O4. The summed E-state index contributed by atoms with van der Waals surface area (Å²) in [5.74, 6) is 0.565. The van der Waals surface area contributed by atoms with Crippen LogP contribution in [0.15, 0.2) is 18.2 Å². The van der Waals surface area contributed by atoms with E-state index in [2.05, 4.69) is 11.0 Å². The van der Waals surface area contributed by atoms with E-state index in [0.29, 0.717) is 31.0 Å². The maximum absolute atomic E-state index is 12.3. The highest BCUT2D eigenvalue weighted by Crippen LogP contribution is 2.30. The van der Waals surface area contributed by atoms with Crippen molar-refractivity contribution in [1.29, 1.82) is 5.26 Å². The van der Waals surface area contributed by atoms with Crippen LogP contribution in [-0.2, 0) is 9.47 Å². The van der Waals surface area contributed by atoms with Crippen molar-refractivity contribution in [2.24, 2.45) is 0 Å². The van der Waals surface area contributed by atoms with Gasteiger partial charge in [-0.25, -0.2) is 4.79 Å². The van der Waals surface area contributed by atoms with Crippen molar-refractivity contribution in [1.82, 2.24) is 9.80 Å². The van der Waals surface area contributed by atoms with Gasteiger partial charge in [-0.1, -0.05) is 6.07 Å². The molecule has 7 nitrogen and oxygen atoms in total. The number of hydrogen-bond acceptors (Lipinski definition) is 6. The lowest BCUT2D eigenvalue weighted by Crippen LogP contribution is -2.59. The first kappa shape index (κ1) is 19.5. The summed E-state index contributed by atoms with van der Waals surface area (Å²) >= 11 is 0. The second-order valence-electron chi connectivity index (χ2n) is 7.97. The molecule has 1 amide bonds. The van der Waals surface area contributed by atoms with Crippen molar-refractivity contribution in [3.8, 4) is 11.8 Å². The molecule has 0 radical (unpaired) electrons. The fraction of sp³-hybridized carbons (Fsp3) is 0.600. The second-order valence-corrected chi connectivity index (χ2v) is 7.97. The molecule has 27 heavy (non-hydrogen) atoms. The number of amides is 1. The molecule has 2 fully saturated rings. The molecule has 1 aromatic rings. The molecule has 2 aliphatic heterocycles. The number of carbonyl (C=O) groups excluding carboxylic acids is 1. The van der Waals surface area contributed by atoms with Gasteiger partial charge in [0.25, 0.3) is 0 Å². The number of morpholine rings is 1. The molecule has 0 bridgehead atoms. The zero-order chi connectivity index (χ0) is 19.6. The second kappa shape index (κ2) is 7.75. The summed E-state index contributed by atoms with van der Waals surface area (Å²) < 4.78 is 16.9. The fourth-order valence-corrected chi connectivity index (χ4v) is 3.48. The SMILES string of the molecule is COc1cc([C@H]2CN3CCN(C(=O)OC(C)(C)C)C[C@H]3CO2)ccc1C#N. The summed E-state index contributed by atoms with van der Waals surface area (Å²) in [7, 11) is 1.56. The van der Waals surface area contributed by atoms with Gasteiger partial charge in [0, 0.05) is 26.2 Å². The zero-order valence-electron chi connectivity index (χ0n) is 16.4. The average molecular weight is 373 g/mol. The number of fused-ring (bicyclic) bond motifs is 1. The first-order valence-corrected chi connectivity index (χ1v) is 9.22. The number of benzene rings is 1. The van der Waals surface area contributed by atoms with Crippen LogP contribution < -0.4 is 4.74 Å². The molecule has 0 aromatic heterocycles. The van der Waals surface area contributed by atoms with E-state index in [4.69, 9.17) is 19.5 Å². The number of methoxy groups -OCH3 is 1. The summed E-state index contributed by atoms with van der Waals surface area (Å²) in [6.07, 6.45) is -0.336. The summed E-state index contributed by atoms with van der Waals surface area (Å²) in [4.78, 5) is 16.4. The van der Waals surface area contributed by atoms with E-state index in [-0.39, 0.29) is 18.2 Å². The van der Waals surface area contributed by atoms with E-state index in [0.717, 1.165) is 18.7 Å². The number of piperazine rings is 1. The zero-order valence-corrected chi connectivity index (χ0v) is 16.4. The number of rotatable bonds is 2. The van der Waals surface area contributed by atoms with E-state index in [1.807, 2.05) is 32.9 Å². The molecule has 2 heterocycles. The van der Waals surface area contributed by atoms with Gasteiger partial charge in [0.2, 0.25) is 0 Å². The number of ether oxygens (including phenoxy) is 3. The van der Waals surface area contributed by atoms with Gasteiger partial charge >= 0.3 is 6.09 Å². The van der Waals surface area contributed by atoms with Crippen LogP contribution in [0.4, 0.5) is 4.79 Å². The molecule has 2 saturated heterocycles. The Morgan fingerprint density at radius 3 is 2.74 bits per heavy atom. The highest BCUT2D eigenvalue weighted by Gasteiger charge is 2.36. The Labute approximate surface area is 160 Å². The molecule has 0 aliphatic carbocycles. The predicted molar refractivity (Wildman–Crippen MR) is 99.6 cm³/mol.